The molecule has 0 spiro atoms. The molecule has 0 radical (unpaired) electrons. The SMILES string of the molecule is O=C1OCCC1NSc1ccc(NCc2ccc(Cl)s2)cc1. The van der Waals surface area contributed by atoms with E-state index in [1.165, 1.54) is 16.8 Å². The molecule has 3 rings (SSSR count). The third-order valence-electron chi connectivity index (χ3n) is 3.20. The van der Waals surface area contributed by atoms with Crippen LogP contribution in [0.4, 0.5) is 5.69 Å². The van der Waals surface area contributed by atoms with Crippen molar-refractivity contribution < 1.29 is 9.53 Å². The first-order chi connectivity index (χ1) is 10.7. The summed E-state index contributed by atoms with van der Waals surface area (Å²) in [6.45, 7) is 1.27. The zero-order valence-electron chi connectivity index (χ0n) is 11.7. The van der Waals surface area contributed by atoms with Crippen LogP contribution in [0.1, 0.15) is 11.3 Å². The van der Waals surface area contributed by atoms with Gasteiger partial charge in [-0.15, -0.1) is 11.3 Å². The summed E-state index contributed by atoms with van der Waals surface area (Å²) < 4.78 is 8.86. The van der Waals surface area contributed by atoms with Crippen LogP contribution in [0.2, 0.25) is 4.34 Å². The average Bonchev–Trinajstić information content (AvgIpc) is 3.12. The van der Waals surface area contributed by atoms with Crippen LogP contribution in [0, 0.1) is 0 Å². The van der Waals surface area contributed by atoms with E-state index in [2.05, 4.69) is 10.0 Å². The van der Waals surface area contributed by atoms with Gasteiger partial charge in [0.15, 0.2) is 0 Å². The van der Waals surface area contributed by atoms with Gasteiger partial charge in [0.2, 0.25) is 0 Å². The van der Waals surface area contributed by atoms with E-state index in [1.54, 1.807) is 11.3 Å². The molecule has 1 unspecified atom stereocenters. The fourth-order valence-electron chi connectivity index (χ4n) is 2.02. The summed E-state index contributed by atoms with van der Waals surface area (Å²) in [4.78, 5) is 13.6. The normalized spacial score (nSPS) is 17.5. The number of benzene rings is 1. The smallest absolute Gasteiger partial charge is 0.324 e. The Morgan fingerprint density at radius 3 is 2.73 bits per heavy atom. The van der Waals surface area contributed by atoms with Gasteiger partial charge in [0.1, 0.15) is 6.04 Å². The maximum absolute atomic E-state index is 11.4. The lowest BCUT2D eigenvalue weighted by Gasteiger charge is -2.09. The number of cyclic esters (lactones) is 1. The maximum atomic E-state index is 11.4. The molecular weight excluding hydrogens is 340 g/mol. The van der Waals surface area contributed by atoms with Gasteiger partial charge in [-0.1, -0.05) is 11.6 Å². The highest BCUT2D eigenvalue weighted by Crippen LogP contribution is 2.23. The van der Waals surface area contributed by atoms with Crippen LogP contribution in [0.3, 0.4) is 0 Å². The van der Waals surface area contributed by atoms with Crippen LogP contribution in [-0.2, 0) is 16.1 Å². The molecule has 7 heteroatoms. The quantitative estimate of drug-likeness (QED) is 0.608. The number of hydrogen-bond donors (Lipinski definition) is 2. The second-order valence-corrected chi connectivity index (χ2v) is 7.52. The number of ether oxygens (including phenoxy) is 1. The Labute approximate surface area is 142 Å². The summed E-state index contributed by atoms with van der Waals surface area (Å²) in [6.07, 6.45) is 0.731. The highest BCUT2D eigenvalue weighted by Gasteiger charge is 2.25. The largest absolute Gasteiger partial charge is 0.464 e. The Bertz CT molecular complexity index is 645. The van der Waals surface area contributed by atoms with Gasteiger partial charge < -0.3 is 10.1 Å². The number of halogens is 1. The van der Waals surface area contributed by atoms with E-state index in [9.17, 15) is 4.79 Å². The molecule has 1 aliphatic rings. The van der Waals surface area contributed by atoms with Crippen molar-refractivity contribution in [1.82, 2.24) is 4.72 Å². The van der Waals surface area contributed by atoms with Crippen molar-refractivity contribution in [2.75, 3.05) is 11.9 Å². The Morgan fingerprint density at radius 1 is 1.27 bits per heavy atom. The number of esters is 1. The van der Waals surface area contributed by atoms with Gasteiger partial charge in [0.05, 0.1) is 10.9 Å². The van der Waals surface area contributed by atoms with Crippen molar-refractivity contribution in [2.24, 2.45) is 0 Å². The van der Waals surface area contributed by atoms with Gasteiger partial charge >= 0.3 is 5.97 Å². The van der Waals surface area contributed by atoms with Gasteiger partial charge in [0, 0.05) is 28.4 Å². The first-order valence-corrected chi connectivity index (χ1v) is 8.89. The van der Waals surface area contributed by atoms with Gasteiger partial charge in [0.25, 0.3) is 0 Å². The minimum absolute atomic E-state index is 0.166. The molecule has 2 heterocycles. The summed E-state index contributed by atoms with van der Waals surface area (Å²) in [5, 5.41) is 3.35. The molecular formula is C15H15ClN2O2S2. The number of nitrogens with one attached hydrogen (secondary N) is 2. The van der Waals surface area contributed by atoms with Gasteiger partial charge in [-0.2, -0.15) is 0 Å². The summed E-state index contributed by atoms with van der Waals surface area (Å²) in [5.41, 5.74) is 1.05. The van der Waals surface area contributed by atoms with Crippen LogP contribution in [0.5, 0.6) is 0 Å². The lowest BCUT2D eigenvalue weighted by Crippen LogP contribution is -2.27. The van der Waals surface area contributed by atoms with Crippen LogP contribution >= 0.6 is 34.9 Å². The maximum Gasteiger partial charge on any atom is 0.324 e. The molecule has 2 N–H and O–H groups in total. The van der Waals surface area contributed by atoms with Crippen molar-refractivity contribution in [3.63, 3.8) is 0 Å². The Hall–Kier alpha value is -1.21. The minimum Gasteiger partial charge on any atom is -0.464 e. The van der Waals surface area contributed by atoms with Crippen LogP contribution in [0.15, 0.2) is 41.3 Å². The van der Waals surface area contributed by atoms with Crippen LogP contribution in [-0.4, -0.2) is 18.6 Å². The Kier molecular flexibility index (Phi) is 5.25. The summed E-state index contributed by atoms with van der Waals surface area (Å²) in [6, 6.07) is 11.8. The monoisotopic (exact) mass is 354 g/mol. The van der Waals surface area contributed by atoms with Crippen molar-refractivity contribution in [2.45, 2.75) is 23.9 Å². The number of thiophene rings is 1. The van der Waals surface area contributed by atoms with E-state index in [4.69, 9.17) is 16.3 Å². The molecule has 0 amide bonds. The van der Waals surface area contributed by atoms with E-state index < -0.39 is 0 Å². The van der Waals surface area contributed by atoms with Crippen molar-refractivity contribution in [3.8, 4) is 0 Å². The fourth-order valence-corrected chi connectivity index (χ4v) is 3.81. The number of hydrogen-bond acceptors (Lipinski definition) is 6. The third-order valence-corrected chi connectivity index (χ3v) is 5.35. The minimum atomic E-state index is -0.202. The predicted molar refractivity (Wildman–Crippen MR) is 91.5 cm³/mol. The molecule has 1 aromatic heterocycles. The molecule has 2 aromatic rings. The highest BCUT2D eigenvalue weighted by molar-refractivity contribution is 7.97. The fraction of sp³-hybridized carbons (Fsp3) is 0.267. The van der Waals surface area contributed by atoms with Crippen molar-refractivity contribution >= 4 is 46.5 Å². The zero-order chi connectivity index (χ0) is 15.4. The molecule has 0 saturated carbocycles. The molecule has 1 fully saturated rings. The van der Waals surface area contributed by atoms with E-state index in [0.717, 1.165) is 27.9 Å². The van der Waals surface area contributed by atoms with Gasteiger partial charge in [-0.25, -0.2) is 4.72 Å². The van der Waals surface area contributed by atoms with Gasteiger partial charge in [-0.05, 0) is 48.3 Å². The summed E-state index contributed by atoms with van der Waals surface area (Å²) in [7, 11) is 0. The highest BCUT2D eigenvalue weighted by atomic mass is 35.5. The third kappa shape index (κ3) is 4.16. The molecule has 1 atom stereocenters. The van der Waals surface area contributed by atoms with Crippen molar-refractivity contribution in [3.05, 3.63) is 45.6 Å². The molecule has 0 aliphatic carbocycles. The molecule has 1 aliphatic heterocycles. The molecule has 1 aromatic carbocycles. The first-order valence-electron chi connectivity index (χ1n) is 6.88. The number of anilines is 1. The second-order valence-electron chi connectivity index (χ2n) is 4.81. The molecule has 4 nitrogen and oxygen atoms in total. The zero-order valence-corrected chi connectivity index (χ0v) is 14.1. The van der Waals surface area contributed by atoms with E-state index in [-0.39, 0.29) is 12.0 Å². The standard InChI is InChI=1S/C15H15ClN2O2S2/c16-14-6-5-12(21-14)9-17-10-1-3-11(4-2-10)22-18-13-7-8-20-15(13)19/h1-6,13,17-18H,7-9H2. The first kappa shape index (κ1) is 15.7. The lowest BCUT2D eigenvalue weighted by molar-refractivity contribution is -0.139. The van der Waals surface area contributed by atoms with Crippen LogP contribution < -0.4 is 10.0 Å². The Balaban J connectivity index is 1.48. The predicted octanol–water partition coefficient (Wildman–Crippen LogP) is 3.93. The second kappa shape index (κ2) is 7.37. The van der Waals surface area contributed by atoms with Crippen molar-refractivity contribution in [1.29, 1.82) is 0 Å². The van der Waals surface area contributed by atoms with E-state index >= 15 is 0 Å². The molecule has 0 bridgehead atoms. The lowest BCUT2D eigenvalue weighted by atomic mass is 10.3. The van der Waals surface area contributed by atoms with Gasteiger partial charge in [-0.3, -0.25) is 4.79 Å². The number of rotatable bonds is 6. The van der Waals surface area contributed by atoms with E-state index in [0.29, 0.717) is 6.61 Å². The molecule has 1 saturated heterocycles. The molecule has 22 heavy (non-hydrogen) atoms. The number of carbonyl (C=O) groups excluding carboxylic acids is 1. The average molecular weight is 355 g/mol. The van der Waals surface area contributed by atoms with Crippen LogP contribution in [0.25, 0.3) is 0 Å². The summed E-state index contributed by atoms with van der Waals surface area (Å²) in [5.74, 6) is -0.166. The number of carbonyl (C=O) groups is 1. The topological polar surface area (TPSA) is 50.4 Å². The Morgan fingerprint density at radius 2 is 2.09 bits per heavy atom. The van der Waals surface area contributed by atoms with E-state index in [1.807, 2.05) is 36.4 Å². The summed E-state index contributed by atoms with van der Waals surface area (Å²) >= 11 is 8.94. The molecule has 116 valence electrons.